The molecule has 1 aromatic carbocycles. The molecule has 0 N–H and O–H groups in total. The normalized spacial score (nSPS) is 10.0. The molecule has 0 amide bonds. The number of halogens is 3. The van der Waals surface area contributed by atoms with Crippen molar-refractivity contribution in [3.05, 3.63) is 34.4 Å². The van der Waals surface area contributed by atoms with Gasteiger partial charge in [-0.15, -0.1) is 0 Å². The van der Waals surface area contributed by atoms with Crippen molar-refractivity contribution in [1.82, 2.24) is 0 Å². The highest BCUT2D eigenvalue weighted by Gasteiger charge is 2.03. The molecule has 0 bridgehead atoms. The molecule has 1 aromatic rings. The van der Waals surface area contributed by atoms with E-state index in [0.717, 1.165) is 6.07 Å². The number of aryl methyl sites for hydroxylation is 1. The molecule has 0 heterocycles. The first kappa shape index (κ1) is 7.48. The van der Waals surface area contributed by atoms with Gasteiger partial charge in [-0.05, 0) is 18.6 Å². The third kappa shape index (κ3) is 1.27. The zero-order valence-electron chi connectivity index (χ0n) is 5.29. The van der Waals surface area contributed by atoms with Gasteiger partial charge in [0.05, 0.1) is 5.02 Å². The summed E-state index contributed by atoms with van der Waals surface area (Å²) in [6, 6.07) is 2.03. The fourth-order valence-corrected chi connectivity index (χ4v) is 0.840. The predicted molar refractivity (Wildman–Crippen MR) is 36.1 cm³/mol. The van der Waals surface area contributed by atoms with Crippen LogP contribution in [0.2, 0.25) is 5.02 Å². The molecule has 0 aliphatic heterocycles. The molecule has 0 nitrogen and oxygen atoms in total. The van der Waals surface area contributed by atoms with Crippen LogP contribution in [0.3, 0.4) is 0 Å². The van der Waals surface area contributed by atoms with Crippen molar-refractivity contribution in [2.45, 2.75) is 6.92 Å². The Labute approximate surface area is 62.4 Å². The Morgan fingerprint density at radius 1 is 1.20 bits per heavy atom. The van der Waals surface area contributed by atoms with Crippen LogP contribution in [0.1, 0.15) is 5.56 Å². The lowest BCUT2D eigenvalue weighted by Gasteiger charge is -1.96. The Bertz CT molecular complexity index is 208. The van der Waals surface area contributed by atoms with E-state index in [4.69, 9.17) is 11.6 Å². The average Bonchev–Trinajstić information content (AvgIpc) is 1.84. The van der Waals surface area contributed by atoms with E-state index in [1.807, 2.05) is 0 Å². The van der Waals surface area contributed by atoms with E-state index in [9.17, 15) is 8.78 Å². The molecule has 0 unspecified atom stereocenters. The Balaban J connectivity index is 3.28. The largest absolute Gasteiger partial charge is 0.207 e. The number of hydrogen-bond donors (Lipinski definition) is 0. The highest BCUT2D eigenvalue weighted by molar-refractivity contribution is 6.30. The van der Waals surface area contributed by atoms with Crippen molar-refractivity contribution in [3.63, 3.8) is 0 Å². The summed E-state index contributed by atoms with van der Waals surface area (Å²) in [5, 5.41) is -0.0427. The molecule has 0 saturated carbocycles. The maximum atomic E-state index is 12.5. The van der Waals surface area contributed by atoms with Gasteiger partial charge >= 0.3 is 0 Å². The summed E-state index contributed by atoms with van der Waals surface area (Å²) in [5.74, 6) is -1.29. The van der Waals surface area contributed by atoms with Crippen LogP contribution in [0.15, 0.2) is 12.1 Å². The van der Waals surface area contributed by atoms with Gasteiger partial charge in [-0.25, -0.2) is 8.78 Å². The topological polar surface area (TPSA) is 0 Å². The lowest BCUT2D eigenvalue weighted by Crippen LogP contribution is -1.84. The van der Waals surface area contributed by atoms with Crippen LogP contribution in [-0.4, -0.2) is 0 Å². The summed E-state index contributed by atoms with van der Waals surface area (Å²) in [4.78, 5) is 0. The minimum atomic E-state index is -0.718. The molecule has 0 fully saturated rings. The van der Waals surface area contributed by atoms with Crippen LogP contribution in [0, 0.1) is 18.6 Å². The second kappa shape index (κ2) is 2.54. The first-order chi connectivity index (χ1) is 4.61. The van der Waals surface area contributed by atoms with Gasteiger partial charge in [0.1, 0.15) is 11.6 Å². The zero-order chi connectivity index (χ0) is 7.72. The number of rotatable bonds is 0. The molecule has 0 radical (unpaired) electrons. The maximum Gasteiger partial charge on any atom is 0.144 e. The SMILES string of the molecule is Cc1cc(Cl)c(F)cc1F. The number of benzene rings is 1. The molecule has 0 aromatic heterocycles. The molecule has 10 heavy (non-hydrogen) atoms. The Morgan fingerprint density at radius 2 is 1.80 bits per heavy atom. The molecule has 3 heteroatoms. The van der Waals surface area contributed by atoms with E-state index in [0.29, 0.717) is 5.56 Å². The summed E-state index contributed by atoms with van der Waals surface area (Å²) < 4.78 is 24.8. The fraction of sp³-hybridized carbons (Fsp3) is 0.143. The third-order valence-electron chi connectivity index (χ3n) is 1.20. The summed E-state index contributed by atoms with van der Waals surface area (Å²) in [6.07, 6.45) is 0. The van der Waals surface area contributed by atoms with Crippen LogP contribution in [-0.2, 0) is 0 Å². The third-order valence-corrected chi connectivity index (χ3v) is 1.49. The van der Waals surface area contributed by atoms with Crippen molar-refractivity contribution in [2.24, 2.45) is 0 Å². The minimum absolute atomic E-state index is 0.0427. The summed E-state index contributed by atoms with van der Waals surface area (Å²) in [5.41, 5.74) is 0.353. The van der Waals surface area contributed by atoms with E-state index in [-0.39, 0.29) is 5.02 Å². The van der Waals surface area contributed by atoms with Gasteiger partial charge in [-0.1, -0.05) is 11.6 Å². The van der Waals surface area contributed by atoms with Crippen molar-refractivity contribution in [1.29, 1.82) is 0 Å². The summed E-state index contributed by atoms with van der Waals surface area (Å²) >= 11 is 5.34. The first-order valence-electron chi connectivity index (χ1n) is 2.72. The zero-order valence-corrected chi connectivity index (χ0v) is 6.04. The minimum Gasteiger partial charge on any atom is -0.207 e. The molecular formula is C7H5ClF2. The van der Waals surface area contributed by atoms with E-state index in [2.05, 4.69) is 0 Å². The van der Waals surface area contributed by atoms with Crippen LogP contribution >= 0.6 is 11.6 Å². The number of hydrogen-bond acceptors (Lipinski definition) is 0. The first-order valence-corrected chi connectivity index (χ1v) is 3.10. The van der Waals surface area contributed by atoms with Gasteiger partial charge in [0.2, 0.25) is 0 Å². The molecule has 0 atom stereocenters. The van der Waals surface area contributed by atoms with E-state index in [1.165, 1.54) is 13.0 Å². The van der Waals surface area contributed by atoms with Crippen molar-refractivity contribution < 1.29 is 8.78 Å². The van der Waals surface area contributed by atoms with Crippen LogP contribution in [0.4, 0.5) is 8.78 Å². The van der Waals surface area contributed by atoms with Crippen LogP contribution in [0.25, 0.3) is 0 Å². The van der Waals surface area contributed by atoms with E-state index < -0.39 is 11.6 Å². The fourth-order valence-electron chi connectivity index (χ4n) is 0.622. The van der Waals surface area contributed by atoms with Crippen molar-refractivity contribution in [3.8, 4) is 0 Å². The summed E-state index contributed by atoms with van der Waals surface area (Å²) in [6.45, 7) is 1.53. The molecule has 1 rings (SSSR count). The van der Waals surface area contributed by atoms with Gasteiger partial charge in [-0.3, -0.25) is 0 Å². The van der Waals surface area contributed by atoms with E-state index >= 15 is 0 Å². The molecule has 0 saturated heterocycles. The van der Waals surface area contributed by atoms with Crippen LogP contribution in [0.5, 0.6) is 0 Å². The second-order valence-corrected chi connectivity index (χ2v) is 2.42. The van der Waals surface area contributed by atoms with Crippen molar-refractivity contribution in [2.75, 3.05) is 0 Å². The standard InChI is InChI=1S/C7H5ClF2/c1-4-2-5(8)7(10)3-6(4)9/h2-3H,1H3. The lowest BCUT2D eigenvalue weighted by molar-refractivity contribution is 0.578. The smallest absolute Gasteiger partial charge is 0.144 e. The van der Waals surface area contributed by atoms with Gasteiger partial charge in [-0.2, -0.15) is 0 Å². The predicted octanol–water partition coefficient (Wildman–Crippen LogP) is 2.93. The Hall–Kier alpha value is -0.630. The lowest BCUT2D eigenvalue weighted by atomic mass is 10.2. The quantitative estimate of drug-likeness (QED) is 0.515. The van der Waals surface area contributed by atoms with Gasteiger partial charge in [0, 0.05) is 6.07 Å². The molecule has 0 aliphatic rings. The Morgan fingerprint density at radius 3 is 2.30 bits per heavy atom. The average molecular weight is 163 g/mol. The molecule has 0 spiro atoms. The maximum absolute atomic E-state index is 12.5. The van der Waals surface area contributed by atoms with Crippen LogP contribution < -0.4 is 0 Å². The highest BCUT2D eigenvalue weighted by atomic mass is 35.5. The van der Waals surface area contributed by atoms with Gasteiger partial charge < -0.3 is 0 Å². The molecule has 54 valence electrons. The van der Waals surface area contributed by atoms with Crippen molar-refractivity contribution >= 4 is 11.6 Å². The second-order valence-electron chi connectivity index (χ2n) is 2.02. The highest BCUT2D eigenvalue weighted by Crippen LogP contribution is 2.17. The van der Waals surface area contributed by atoms with Gasteiger partial charge in [0.15, 0.2) is 0 Å². The van der Waals surface area contributed by atoms with Gasteiger partial charge in [0.25, 0.3) is 0 Å². The monoisotopic (exact) mass is 162 g/mol. The van der Waals surface area contributed by atoms with E-state index in [1.54, 1.807) is 0 Å². The molecule has 0 aliphatic carbocycles. The molecular weight excluding hydrogens is 158 g/mol. The Kier molecular flexibility index (Phi) is 1.90. The summed E-state index contributed by atoms with van der Waals surface area (Å²) in [7, 11) is 0.